The smallest absolute Gasteiger partial charge is 0.236 e. The van der Waals surface area contributed by atoms with Crippen LogP contribution in [-0.4, -0.2) is 36.2 Å². The molecule has 0 heterocycles. The molecule has 2 unspecified atom stereocenters. The Balaban J connectivity index is 2.43. The molecule has 0 saturated heterocycles. The molecule has 0 aliphatic heterocycles. The van der Waals surface area contributed by atoms with Gasteiger partial charge in [-0.05, 0) is 13.3 Å². The summed E-state index contributed by atoms with van der Waals surface area (Å²) in [5, 5.41) is 15.3. The molecule has 0 spiro atoms. The molecule has 1 rings (SSSR count). The van der Waals surface area contributed by atoms with Crippen molar-refractivity contribution in [3.8, 4) is 0 Å². The van der Waals surface area contributed by atoms with E-state index in [2.05, 4.69) is 10.6 Å². The summed E-state index contributed by atoms with van der Waals surface area (Å²) in [7, 11) is 1.63. The fourth-order valence-electron chi connectivity index (χ4n) is 1.78. The summed E-state index contributed by atoms with van der Waals surface area (Å²) in [5.41, 5.74) is -0.123. The van der Waals surface area contributed by atoms with E-state index in [9.17, 15) is 9.90 Å². The van der Waals surface area contributed by atoms with Crippen molar-refractivity contribution in [3.63, 3.8) is 0 Å². The maximum absolute atomic E-state index is 11.2. The molecule has 0 aromatic carbocycles. The SMILES string of the molecule is CNC(=O)[C@H](C)NC1CC(O)C1(C)C. The Morgan fingerprint density at radius 2 is 2.14 bits per heavy atom. The summed E-state index contributed by atoms with van der Waals surface area (Å²) < 4.78 is 0. The van der Waals surface area contributed by atoms with Crippen molar-refractivity contribution >= 4 is 5.91 Å². The van der Waals surface area contributed by atoms with Crippen molar-refractivity contribution in [2.45, 2.75) is 45.4 Å². The first-order chi connectivity index (χ1) is 6.39. The van der Waals surface area contributed by atoms with Crippen LogP contribution in [0.25, 0.3) is 0 Å². The van der Waals surface area contributed by atoms with Gasteiger partial charge >= 0.3 is 0 Å². The zero-order valence-corrected chi connectivity index (χ0v) is 9.29. The first kappa shape index (κ1) is 11.5. The highest BCUT2D eigenvalue weighted by Crippen LogP contribution is 2.40. The Labute approximate surface area is 85.1 Å². The number of aliphatic hydroxyl groups is 1. The molecule has 0 aromatic rings. The monoisotopic (exact) mass is 200 g/mol. The van der Waals surface area contributed by atoms with E-state index in [0.29, 0.717) is 0 Å². The Morgan fingerprint density at radius 1 is 1.57 bits per heavy atom. The molecule has 0 aromatic heterocycles. The summed E-state index contributed by atoms with van der Waals surface area (Å²) in [6, 6.07) is 0.0292. The quantitative estimate of drug-likeness (QED) is 0.595. The van der Waals surface area contributed by atoms with Crippen molar-refractivity contribution in [2.75, 3.05) is 7.05 Å². The van der Waals surface area contributed by atoms with Crippen molar-refractivity contribution in [1.82, 2.24) is 10.6 Å². The third-order valence-electron chi connectivity index (χ3n) is 3.31. The Hall–Kier alpha value is -0.610. The fraction of sp³-hybridized carbons (Fsp3) is 0.900. The van der Waals surface area contributed by atoms with Gasteiger partial charge in [0.1, 0.15) is 0 Å². The molecular weight excluding hydrogens is 180 g/mol. The summed E-state index contributed by atoms with van der Waals surface area (Å²) in [6.45, 7) is 5.85. The second-order valence-corrected chi connectivity index (χ2v) is 4.63. The standard InChI is InChI=1S/C10H20N2O2/c1-6(9(14)11-4)12-7-5-8(13)10(7,2)3/h6-8,12-13H,5H2,1-4H3,(H,11,14)/t6-,7?,8?/m0/s1. The zero-order chi connectivity index (χ0) is 10.9. The van der Waals surface area contributed by atoms with Crippen LogP contribution in [0.3, 0.4) is 0 Å². The molecule has 1 saturated carbocycles. The van der Waals surface area contributed by atoms with E-state index in [1.165, 1.54) is 0 Å². The van der Waals surface area contributed by atoms with Gasteiger partial charge in [0.05, 0.1) is 12.1 Å². The normalized spacial score (nSPS) is 31.8. The molecule has 1 amide bonds. The molecule has 4 nitrogen and oxygen atoms in total. The number of nitrogens with one attached hydrogen (secondary N) is 2. The minimum Gasteiger partial charge on any atom is -0.392 e. The number of hydrogen-bond donors (Lipinski definition) is 3. The van der Waals surface area contributed by atoms with Gasteiger partial charge in [0.15, 0.2) is 0 Å². The van der Waals surface area contributed by atoms with E-state index in [0.717, 1.165) is 6.42 Å². The highest BCUT2D eigenvalue weighted by Gasteiger charge is 2.47. The number of amides is 1. The molecule has 4 heteroatoms. The molecular formula is C10H20N2O2. The summed E-state index contributed by atoms with van der Waals surface area (Å²) >= 11 is 0. The van der Waals surface area contributed by atoms with Crippen LogP contribution in [-0.2, 0) is 4.79 Å². The largest absolute Gasteiger partial charge is 0.392 e. The van der Waals surface area contributed by atoms with Gasteiger partial charge in [0.2, 0.25) is 5.91 Å². The molecule has 14 heavy (non-hydrogen) atoms. The average molecular weight is 200 g/mol. The lowest BCUT2D eigenvalue weighted by molar-refractivity contribution is -0.125. The summed E-state index contributed by atoms with van der Waals surface area (Å²) in [4.78, 5) is 11.2. The minimum absolute atomic E-state index is 0.0119. The molecule has 1 aliphatic carbocycles. The molecule has 1 aliphatic rings. The highest BCUT2D eigenvalue weighted by molar-refractivity contribution is 5.81. The number of carbonyl (C=O) groups excluding carboxylic acids is 1. The lowest BCUT2D eigenvalue weighted by atomic mass is 9.64. The first-order valence-corrected chi connectivity index (χ1v) is 5.05. The van der Waals surface area contributed by atoms with Gasteiger partial charge < -0.3 is 15.7 Å². The molecule has 3 atom stereocenters. The molecule has 1 fully saturated rings. The zero-order valence-electron chi connectivity index (χ0n) is 9.29. The number of carbonyl (C=O) groups is 1. The topological polar surface area (TPSA) is 61.4 Å². The predicted molar refractivity (Wildman–Crippen MR) is 54.9 cm³/mol. The average Bonchev–Trinajstić information content (AvgIpc) is 2.16. The highest BCUT2D eigenvalue weighted by atomic mass is 16.3. The van der Waals surface area contributed by atoms with E-state index < -0.39 is 0 Å². The molecule has 0 radical (unpaired) electrons. The van der Waals surface area contributed by atoms with Crippen LogP contribution in [0.15, 0.2) is 0 Å². The van der Waals surface area contributed by atoms with Crippen LogP contribution in [0, 0.1) is 5.41 Å². The Bertz CT molecular complexity index is 228. The lowest BCUT2D eigenvalue weighted by Gasteiger charge is -2.50. The molecule has 0 bridgehead atoms. The third kappa shape index (κ3) is 1.91. The Kier molecular flexibility index (Phi) is 3.17. The number of hydrogen-bond acceptors (Lipinski definition) is 3. The van der Waals surface area contributed by atoms with Crippen LogP contribution in [0.4, 0.5) is 0 Å². The van der Waals surface area contributed by atoms with Crippen molar-refractivity contribution in [3.05, 3.63) is 0 Å². The molecule has 82 valence electrons. The summed E-state index contributed by atoms with van der Waals surface area (Å²) in [6.07, 6.45) is 0.478. The number of likely N-dealkylation sites (N-methyl/N-ethyl adjacent to an activating group) is 1. The van der Waals surface area contributed by atoms with Gasteiger partial charge in [-0.25, -0.2) is 0 Å². The van der Waals surface area contributed by atoms with E-state index in [4.69, 9.17) is 0 Å². The van der Waals surface area contributed by atoms with Gasteiger partial charge in [-0.15, -0.1) is 0 Å². The van der Waals surface area contributed by atoms with E-state index in [1.807, 2.05) is 20.8 Å². The van der Waals surface area contributed by atoms with E-state index in [1.54, 1.807) is 7.05 Å². The maximum Gasteiger partial charge on any atom is 0.236 e. The Morgan fingerprint density at radius 3 is 2.50 bits per heavy atom. The van der Waals surface area contributed by atoms with Gasteiger partial charge in [0, 0.05) is 18.5 Å². The van der Waals surface area contributed by atoms with Crippen LogP contribution in [0.1, 0.15) is 27.2 Å². The van der Waals surface area contributed by atoms with Crippen LogP contribution >= 0.6 is 0 Å². The maximum atomic E-state index is 11.2. The first-order valence-electron chi connectivity index (χ1n) is 5.05. The van der Waals surface area contributed by atoms with Gasteiger partial charge in [-0.2, -0.15) is 0 Å². The van der Waals surface area contributed by atoms with Crippen molar-refractivity contribution in [1.29, 1.82) is 0 Å². The predicted octanol–water partition coefficient (Wildman–Crippen LogP) is -0.130. The number of aliphatic hydroxyl groups excluding tert-OH is 1. The van der Waals surface area contributed by atoms with Gasteiger partial charge in [-0.1, -0.05) is 13.8 Å². The minimum atomic E-state index is -0.253. The van der Waals surface area contributed by atoms with E-state index in [-0.39, 0.29) is 29.5 Å². The lowest BCUT2D eigenvalue weighted by Crippen LogP contribution is -2.63. The molecule has 3 N–H and O–H groups in total. The van der Waals surface area contributed by atoms with Crippen molar-refractivity contribution < 1.29 is 9.90 Å². The van der Waals surface area contributed by atoms with Gasteiger partial charge in [0.25, 0.3) is 0 Å². The van der Waals surface area contributed by atoms with E-state index >= 15 is 0 Å². The van der Waals surface area contributed by atoms with Crippen LogP contribution in [0.2, 0.25) is 0 Å². The second-order valence-electron chi connectivity index (χ2n) is 4.63. The summed E-state index contributed by atoms with van der Waals surface area (Å²) in [5.74, 6) is -0.0119. The van der Waals surface area contributed by atoms with Gasteiger partial charge in [-0.3, -0.25) is 4.79 Å². The fourth-order valence-corrected chi connectivity index (χ4v) is 1.78. The number of rotatable bonds is 3. The van der Waals surface area contributed by atoms with Crippen LogP contribution < -0.4 is 10.6 Å². The third-order valence-corrected chi connectivity index (χ3v) is 3.31. The van der Waals surface area contributed by atoms with Crippen molar-refractivity contribution in [2.24, 2.45) is 5.41 Å². The second kappa shape index (κ2) is 3.87. The van der Waals surface area contributed by atoms with Crippen LogP contribution in [0.5, 0.6) is 0 Å².